The molecular weight excluding hydrogens is 196 g/mol. The highest BCUT2D eigenvalue weighted by molar-refractivity contribution is 5.79. The first-order valence-corrected chi connectivity index (χ1v) is 5.04. The average Bonchev–Trinajstić information content (AvgIpc) is 2.18. The van der Waals surface area contributed by atoms with Gasteiger partial charge in [-0.1, -0.05) is 0 Å². The van der Waals surface area contributed by atoms with Crippen LogP contribution in [-0.2, 0) is 9.59 Å². The van der Waals surface area contributed by atoms with E-state index >= 15 is 0 Å². The van der Waals surface area contributed by atoms with E-state index < -0.39 is 5.97 Å². The third kappa shape index (κ3) is 4.01. The molecule has 0 aliphatic heterocycles. The maximum atomic E-state index is 10.9. The number of rotatable bonds is 4. The Morgan fingerprint density at radius 2 is 1.87 bits per heavy atom. The van der Waals surface area contributed by atoms with Crippen LogP contribution in [0.15, 0.2) is 12.3 Å². The van der Waals surface area contributed by atoms with E-state index in [4.69, 9.17) is 10.8 Å². The van der Waals surface area contributed by atoms with Crippen LogP contribution < -0.4 is 11.1 Å². The predicted octanol–water partition coefficient (Wildman–Crippen LogP) is 0.218. The summed E-state index contributed by atoms with van der Waals surface area (Å²) in [6, 6.07) is 0.260. The van der Waals surface area contributed by atoms with Crippen molar-refractivity contribution in [1.29, 1.82) is 0 Å². The average molecular weight is 212 g/mol. The first-order valence-electron chi connectivity index (χ1n) is 5.04. The van der Waals surface area contributed by atoms with Crippen molar-refractivity contribution in [3.63, 3.8) is 0 Å². The fraction of sp³-hybridized carbons (Fsp3) is 0.600. The molecule has 84 valence electrons. The molecule has 1 rings (SSSR count). The summed E-state index contributed by atoms with van der Waals surface area (Å²) in [5, 5.41) is 11.4. The number of carboxylic acid groups (broad SMARTS) is 1. The van der Waals surface area contributed by atoms with E-state index in [0.29, 0.717) is 0 Å². The summed E-state index contributed by atoms with van der Waals surface area (Å²) in [6.07, 6.45) is 5.80. The number of nitrogens with two attached hydrogens (primary N) is 1. The van der Waals surface area contributed by atoms with E-state index in [2.05, 4.69) is 5.32 Å². The summed E-state index contributed by atoms with van der Waals surface area (Å²) in [4.78, 5) is 21.1. The molecule has 0 atom stereocenters. The molecule has 5 heteroatoms. The van der Waals surface area contributed by atoms with E-state index in [-0.39, 0.29) is 17.9 Å². The van der Waals surface area contributed by atoms with Gasteiger partial charge >= 0.3 is 5.97 Å². The van der Waals surface area contributed by atoms with Crippen molar-refractivity contribution in [2.75, 3.05) is 0 Å². The summed E-state index contributed by atoms with van der Waals surface area (Å²) in [7, 11) is 0. The third-order valence-corrected chi connectivity index (χ3v) is 2.69. The Morgan fingerprint density at radius 3 is 2.33 bits per heavy atom. The Labute approximate surface area is 88.3 Å². The van der Waals surface area contributed by atoms with Crippen LogP contribution in [0.3, 0.4) is 0 Å². The van der Waals surface area contributed by atoms with Crippen LogP contribution in [0.1, 0.15) is 25.7 Å². The van der Waals surface area contributed by atoms with E-state index in [1.807, 2.05) is 0 Å². The van der Waals surface area contributed by atoms with Crippen molar-refractivity contribution >= 4 is 11.9 Å². The van der Waals surface area contributed by atoms with Gasteiger partial charge in [-0.15, -0.1) is 0 Å². The van der Waals surface area contributed by atoms with Crippen molar-refractivity contribution in [3.05, 3.63) is 12.3 Å². The van der Waals surface area contributed by atoms with Gasteiger partial charge in [-0.05, 0) is 25.7 Å². The Balaban J connectivity index is 2.26. The SMILES string of the molecule is NC(=O)C1CCC(N/C=C/C(=O)O)CC1. The normalized spacial score (nSPS) is 26.4. The number of hydrogen-bond acceptors (Lipinski definition) is 3. The smallest absolute Gasteiger partial charge is 0.329 e. The number of nitrogens with one attached hydrogen (secondary N) is 1. The Morgan fingerprint density at radius 1 is 1.27 bits per heavy atom. The molecule has 15 heavy (non-hydrogen) atoms. The summed E-state index contributed by atoms with van der Waals surface area (Å²) >= 11 is 0. The summed E-state index contributed by atoms with van der Waals surface area (Å²) in [5.41, 5.74) is 5.20. The topological polar surface area (TPSA) is 92.4 Å². The van der Waals surface area contributed by atoms with Crippen LogP contribution in [-0.4, -0.2) is 23.0 Å². The maximum absolute atomic E-state index is 10.9. The van der Waals surface area contributed by atoms with E-state index in [1.54, 1.807) is 0 Å². The lowest BCUT2D eigenvalue weighted by molar-refractivity contribution is -0.131. The minimum Gasteiger partial charge on any atom is -0.478 e. The second kappa shape index (κ2) is 5.38. The first-order chi connectivity index (χ1) is 7.09. The van der Waals surface area contributed by atoms with E-state index in [9.17, 15) is 9.59 Å². The van der Waals surface area contributed by atoms with E-state index in [0.717, 1.165) is 31.8 Å². The number of hydrogen-bond donors (Lipinski definition) is 3. The number of carbonyl (C=O) groups excluding carboxylic acids is 1. The molecule has 4 N–H and O–H groups in total. The Hall–Kier alpha value is -1.52. The van der Waals surface area contributed by atoms with Crippen LogP contribution >= 0.6 is 0 Å². The molecule has 0 bridgehead atoms. The monoisotopic (exact) mass is 212 g/mol. The zero-order valence-corrected chi connectivity index (χ0v) is 8.48. The lowest BCUT2D eigenvalue weighted by atomic mass is 9.86. The largest absolute Gasteiger partial charge is 0.478 e. The van der Waals surface area contributed by atoms with Gasteiger partial charge in [-0.3, -0.25) is 4.79 Å². The van der Waals surface area contributed by atoms with Crippen molar-refractivity contribution in [3.8, 4) is 0 Å². The first kappa shape index (κ1) is 11.6. The molecular formula is C10H16N2O3. The molecule has 0 aromatic heterocycles. The molecule has 0 heterocycles. The van der Waals surface area contributed by atoms with Gasteiger partial charge in [0.25, 0.3) is 0 Å². The number of primary amides is 1. The number of aliphatic carboxylic acids is 1. The fourth-order valence-electron chi connectivity index (χ4n) is 1.80. The van der Waals surface area contributed by atoms with Gasteiger partial charge in [0.2, 0.25) is 5.91 Å². The second-order valence-electron chi connectivity index (χ2n) is 3.79. The highest BCUT2D eigenvalue weighted by Crippen LogP contribution is 2.23. The standard InChI is InChI=1S/C10H16N2O3/c11-10(15)7-1-3-8(4-2-7)12-6-5-9(13)14/h5-8,12H,1-4H2,(H2,11,15)(H,13,14)/b6-5+. The number of carboxylic acids is 1. The van der Waals surface area contributed by atoms with Gasteiger partial charge in [-0.2, -0.15) is 0 Å². The zero-order chi connectivity index (χ0) is 11.3. The summed E-state index contributed by atoms with van der Waals surface area (Å²) in [5.74, 6) is -1.20. The zero-order valence-electron chi connectivity index (χ0n) is 8.48. The Kier molecular flexibility index (Phi) is 4.15. The second-order valence-corrected chi connectivity index (χ2v) is 3.79. The molecule has 5 nitrogen and oxygen atoms in total. The van der Waals surface area contributed by atoms with Crippen LogP contribution in [0.5, 0.6) is 0 Å². The minimum atomic E-state index is -0.965. The molecule has 0 spiro atoms. The predicted molar refractivity (Wildman–Crippen MR) is 54.9 cm³/mol. The van der Waals surface area contributed by atoms with Crippen LogP contribution in [0.2, 0.25) is 0 Å². The van der Waals surface area contributed by atoms with Gasteiger partial charge in [0.1, 0.15) is 0 Å². The lowest BCUT2D eigenvalue weighted by Crippen LogP contribution is -2.34. The molecule has 0 saturated heterocycles. The Bertz CT molecular complexity index is 268. The molecule has 0 unspecified atom stereocenters. The van der Waals surface area contributed by atoms with Gasteiger partial charge < -0.3 is 16.2 Å². The molecule has 0 aromatic rings. The molecule has 1 aliphatic rings. The summed E-state index contributed by atoms with van der Waals surface area (Å²) in [6.45, 7) is 0. The molecule has 1 amide bonds. The molecule has 1 saturated carbocycles. The van der Waals surface area contributed by atoms with Gasteiger partial charge in [0.05, 0.1) is 0 Å². The van der Waals surface area contributed by atoms with Crippen LogP contribution in [0.25, 0.3) is 0 Å². The lowest BCUT2D eigenvalue weighted by Gasteiger charge is -2.26. The maximum Gasteiger partial charge on any atom is 0.329 e. The molecule has 1 aliphatic carbocycles. The van der Waals surface area contributed by atoms with Gasteiger partial charge in [-0.25, -0.2) is 4.79 Å². The van der Waals surface area contributed by atoms with Gasteiger partial charge in [0, 0.05) is 24.2 Å². The quantitative estimate of drug-likeness (QED) is 0.581. The van der Waals surface area contributed by atoms with Crippen molar-refractivity contribution < 1.29 is 14.7 Å². The van der Waals surface area contributed by atoms with E-state index in [1.165, 1.54) is 6.20 Å². The molecule has 1 fully saturated rings. The van der Waals surface area contributed by atoms with Crippen LogP contribution in [0, 0.1) is 5.92 Å². The fourth-order valence-corrected chi connectivity index (χ4v) is 1.80. The number of amides is 1. The summed E-state index contributed by atoms with van der Waals surface area (Å²) < 4.78 is 0. The highest BCUT2D eigenvalue weighted by atomic mass is 16.4. The molecule has 0 radical (unpaired) electrons. The highest BCUT2D eigenvalue weighted by Gasteiger charge is 2.23. The van der Waals surface area contributed by atoms with Crippen molar-refractivity contribution in [1.82, 2.24) is 5.32 Å². The molecule has 0 aromatic carbocycles. The van der Waals surface area contributed by atoms with Gasteiger partial charge in [0.15, 0.2) is 0 Å². The third-order valence-electron chi connectivity index (χ3n) is 2.69. The van der Waals surface area contributed by atoms with Crippen LogP contribution in [0.4, 0.5) is 0 Å². The van der Waals surface area contributed by atoms with Crippen molar-refractivity contribution in [2.24, 2.45) is 11.7 Å². The minimum absolute atomic E-state index is 0.00787. The van der Waals surface area contributed by atoms with Crippen molar-refractivity contribution in [2.45, 2.75) is 31.7 Å². The number of carbonyl (C=O) groups is 2.